The third kappa shape index (κ3) is 12.7. The zero-order valence-electron chi connectivity index (χ0n) is 37.2. The third-order valence-electron chi connectivity index (χ3n) is 12.6. The van der Waals surface area contributed by atoms with Crippen LogP contribution in [0.1, 0.15) is 71.4 Å². The van der Waals surface area contributed by atoms with E-state index in [0.717, 1.165) is 70.6 Å². The second-order valence-corrected chi connectivity index (χ2v) is 19.4. The predicted octanol–water partition coefficient (Wildman–Crippen LogP) is 7.09. The fourth-order valence-electron chi connectivity index (χ4n) is 9.25. The van der Waals surface area contributed by atoms with Crippen LogP contribution in [-0.4, -0.2) is 113 Å². The number of ether oxygens (including phenoxy) is 3. The van der Waals surface area contributed by atoms with Crippen molar-refractivity contribution in [2.24, 2.45) is 23.7 Å². The molecule has 0 saturated carbocycles. The van der Waals surface area contributed by atoms with E-state index in [0.29, 0.717) is 113 Å². The Morgan fingerprint density at radius 3 is 2.25 bits per heavy atom. The summed E-state index contributed by atoms with van der Waals surface area (Å²) in [5, 5.41) is 20.9. The maximum Gasteiger partial charge on any atom is 0.229 e. The molecule has 18 heteroatoms. The van der Waals surface area contributed by atoms with Crippen LogP contribution in [0.5, 0.6) is 0 Å². The van der Waals surface area contributed by atoms with Crippen LogP contribution in [0.3, 0.4) is 0 Å². The summed E-state index contributed by atoms with van der Waals surface area (Å²) in [7, 11) is 0. The molecule has 0 aromatic carbocycles. The molecule has 344 valence electrons. The Labute approximate surface area is 386 Å². The second-order valence-electron chi connectivity index (χ2n) is 18.6. The Bertz CT molecular complexity index is 2210. The SMILES string of the molecule is CC1(C)CC(CNc2cc(CC3(C)CC(CNc4ccnc(-c5cc(NCOCC6CCCNC6)ncc5Cl)n4)CCO3)nc(-c3cc(NC(=O)C4CCNC4)ncc3Cl)n2)CCO1. The molecule has 8 heterocycles. The first-order chi connectivity index (χ1) is 31.0. The number of nitrogens with one attached hydrogen (secondary N) is 6. The molecule has 4 saturated heterocycles. The van der Waals surface area contributed by atoms with Gasteiger partial charge in [-0.3, -0.25) is 4.79 Å². The van der Waals surface area contributed by atoms with Gasteiger partial charge in [-0.25, -0.2) is 29.9 Å². The normalized spacial score (nSPS) is 24.5. The van der Waals surface area contributed by atoms with E-state index in [9.17, 15) is 4.79 Å². The third-order valence-corrected chi connectivity index (χ3v) is 13.2. The maximum absolute atomic E-state index is 13.0. The van der Waals surface area contributed by atoms with Gasteiger partial charge in [0.15, 0.2) is 11.6 Å². The number of anilines is 4. The summed E-state index contributed by atoms with van der Waals surface area (Å²) < 4.78 is 18.4. The van der Waals surface area contributed by atoms with Gasteiger partial charge in [-0.05, 0) is 115 Å². The van der Waals surface area contributed by atoms with E-state index in [4.69, 9.17) is 52.4 Å². The summed E-state index contributed by atoms with van der Waals surface area (Å²) in [6, 6.07) is 7.51. The van der Waals surface area contributed by atoms with Gasteiger partial charge in [-0.2, -0.15) is 0 Å². The number of aromatic nitrogens is 6. The van der Waals surface area contributed by atoms with Gasteiger partial charge >= 0.3 is 0 Å². The number of hydrogen-bond acceptors (Lipinski definition) is 15. The fourth-order valence-corrected chi connectivity index (χ4v) is 9.62. The first kappa shape index (κ1) is 46.2. The molecule has 0 bridgehead atoms. The van der Waals surface area contributed by atoms with Crippen molar-refractivity contribution in [3.63, 3.8) is 0 Å². The lowest BCUT2D eigenvalue weighted by Gasteiger charge is -2.38. The van der Waals surface area contributed by atoms with Crippen LogP contribution in [0.25, 0.3) is 22.8 Å². The fraction of sp³-hybridized carbons (Fsp3) is 0.587. The highest BCUT2D eigenvalue weighted by atomic mass is 35.5. The van der Waals surface area contributed by atoms with Gasteiger partial charge in [-0.1, -0.05) is 23.2 Å². The number of nitrogens with zero attached hydrogens (tertiary/aromatic N) is 6. The van der Waals surface area contributed by atoms with Crippen molar-refractivity contribution in [2.45, 2.75) is 83.3 Å². The number of amides is 1. The molecule has 16 nitrogen and oxygen atoms in total. The average Bonchev–Trinajstić information content (AvgIpc) is 3.84. The molecular weight excluding hydrogens is 855 g/mol. The first-order valence-electron chi connectivity index (χ1n) is 22.8. The number of halogens is 2. The van der Waals surface area contributed by atoms with Gasteiger partial charge < -0.3 is 46.1 Å². The molecule has 4 aromatic heterocycles. The van der Waals surface area contributed by atoms with Crippen molar-refractivity contribution in [3.8, 4) is 22.8 Å². The smallest absolute Gasteiger partial charge is 0.229 e. The quantitative estimate of drug-likeness (QED) is 0.0464. The van der Waals surface area contributed by atoms with Crippen LogP contribution in [0.15, 0.2) is 42.9 Å². The lowest BCUT2D eigenvalue weighted by atomic mass is 9.84. The number of pyridine rings is 2. The van der Waals surface area contributed by atoms with Gasteiger partial charge in [0, 0.05) is 87.3 Å². The van der Waals surface area contributed by atoms with Crippen molar-refractivity contribution in [2.75, 3.05) is 87.1 Å². The van der Waals surface area contributed by atoms with Crippen molar-refractivity contribution >= 4 is 52.4 Å². The largest absolute Gasteiger partial charge is 0.376 e. The van der Waals surface area contributed by atoms with Crippen LogP contribution in [0, 0.1) is 23.7 Å². The van der Waals surface area contributed by atoms with E-state index in [1.165, 1.54) is 12.8 Å². The zero-order chi connectivity index (χ0) is 44.5. The van der Waals surface area contributed by atoms with Crippen LogP contribution in [0.4, 0.5) is 23.3 Å². The Morgan fingerprint density at radius 2 is 1.48 bits per heavy atom. The highest BCUT2D eigenvalue weighted by Crippen LogP contribution is 2.35. The molecule has 0 aliphatic carbocycles. The Balaban J connectivity index is 0.932. The highest BCUT2D eigenvalue weighted by Gasteiger charge is 2.35. The van der Waals surface area contributed by atoms with E-state index in [1.54, 1.807) is 24.7 Å². The summed E-state index contributed by atoms with van der Waals surface area (Å²) in [4.78, 5) is 41.3. The van der Waals surface area contributed by atoms with E-state index >= 15 is 0 Å². The van der Waals surface area contributed by atoms with Crippen LogP contribution in [-0.2, 0) is 25.4 Å². The molecule has 1 amide bonds. The van der Waals surface area contributed by atoms with Crippen molar-refractivity contribution in [1.82, 2.24) is 40.5 Å². The van der Waals surface area contributed by atoms with Crippen LogP contribution >= 0.6 is 23.2 Å². The van der Waals surface area contributed by atoms with Crippen LogP contribution < -0.4 is 31.9 Å². The van der Waals surface area contributed by atoms with Gasteiger partial charge in [0.25, 0.3) is 0 Å². The Morgan fingerprint density at radius 1 is 0.766 bits per heavy atom. The maximum atomic E-state index is 13.0. The molecule has 6 N–H and O–H groups in total. The van der Waals surface area contributed by atoms with Gasteiger partial charge in [0.2, 0.25) is 5.91 Å². The van der Waals surface area contributed by atoms with E-state index in [2.05, 4.69) is 67.6 Å². The summed E-state index contributed by atoms with van der Waals surface area (Å²) in [6.45, 7) is 13.8. The van der Waals surface area contributed by atoms with E-state index in [1.807, 2.05) is 18.2 Å². The van der Waals surface area contributed by atoms with Gasteiger partial charge in [0.05, 0.1) is 33.8 Å². The lowest BCUT2D eigenvalue weighted by molar-refractivity contribution is -0.119. The molecule has 4 fully saturated rings. The predicted molar refractivity (Wildman–Crippen MR) is 251 cm³/mol. The monoisotopic (exact) mass is 916 g/mol. The summed E-state index contributed by atoms with van der Waals surface area (Å²) in [5.74, 6) is 4.49. The lowest BCUT2D eigenvalue weighted by Crippen LogP contribution is -2.41. The summed E-state index contributed by atoms with van der Waals surface area (Å²) in [5.41, 5.74) is 1.42. The number of carbonyl (C=O) groups is 1. The standard InChI is InChI=1S/C46H62Cl2N12O4/c1-45(2)18-29(8-13-63-45)22-53-40-15-33(57-43(59-40)35-17-41(55-26-37(35)48)60-44(61)32-6-11-50-24-32)20-46(3)19-30(9-14-64-46)23-52-38-7-12-51-42(58-38)34-16-39(54-25-36(34)47)56-28-62-27-31-5-4-10-49-21-31/h7,12,15-17,25-26,29-32,49-50H,4-6,8-11,13-14,18-24,27-28H2,1-3H3,(H,54,56)(H,51,52,58)(H,53,57,59)(H,55,60,61). The van der Waals surface area contributed by atoms with E-state index < -0.39 is 5.60 Å². The molecule has 4 aromatic rings. The average molecular weight is 918 g/mol. The zero-order valence-corrected chi connectivity index (χ0v) is 38.7. The topological polar surface area (TPSA) is 194 Å². The summed E-state index contributed by atoms with van der Waals surface area (Å²) >= 11 is 13.4. The first-order valence-corrected chi connectivity index (χ1v) is 23.5. The van der Waals surface area contributed by atoms with Crippen molar-refractivity contribution in [3.05, 3.63) is 58.6 Å². The number of piperidine rings is 1. The minimum Gasteiger partial charge on any atom is -0.376 e. The molecule has 4 aliphatic rings. The molecule has 64 heavy (non-hydrogen) atoms. The second kappa shape index (κ2) is 21.3. The molecule has 0 radical (unpaired) electrons. The highest BCUT2D eigenvalue weighted by molar-refractivity contribution is 6.33. The van der Waals surface area contributed by atoms with E-state index in [-0.39, 0.29) is 17.4 Å². The molecule has 0 spiro atoms. The molecule has 5 unspecified atom stereocenters. The number of rotatable bonds is 17. The Hall–Kier alpha value is -4.29. The summed E-state index contributed by atoms with van der Waals surface area (Å²) in [6.07, 6.45) is 12.2. The minimum absolute atomic E-state index is 0.0713. The molecule has 4 aliphatic heterocycles. The minimum atomic E-state index is -0.503. The Kier molecular flexibility index (Phi) is 15.4. The van der Waals surface area contributed by atoms with Crippen molar-refractivity contribution in [1.29, 1.82) is 0 Å². The van der Waals surface area contributed by atoms with Crippen LogP contribution in [0.2, 0.25) is 10.0 Å². The molecule has 8 rings (SSSR count). The number of hydrogen-bond donors (Lipinski definition) is 6. The molecular formula is C46H62Cl2N12O4. The molecule has 5 atom stereocenters. The van der Waals surface area contributed by atoms with Crippen molar-refractivity contribution < 1.29 is 19.0 Å². The van der Waals surface area contributed by atoms with Gasteiger partial charge in [0.1, 0.15) is 30.0 Å². The number of carbonyl (C=O) groups excluding carboxylic acids is 1. The van der Waals surface area contributed by atoms with Gasteiger partial charge in [-0.15, -0.1) is 0 Å².